The number of hydrogen-bond acceptors (Lipinski definition) is 1. The molecule has 0 saturated heterocycles. The van der Waals surface area contributed by atoms with E-state index in [4.69, 9.17) is 23.2 Å². The Labute approximate surface area is 116 Å². The first kappa shape index (κ1) is 13.1. The summed E-state index contributed by atoms with van der Waals surface area (Å²) in [6.07, 6.45) is 0.562. The minimum atomic E-state index is -0.346. The lowest BCUT2D eigenvalue weighted by atomic mass is 9.93. The number of halogens is 2. The molecule has 0 aliphatic carbocycles. The molecule has 2 aromatic rings. The maximum atomic E-state index is 11.6. The van der Waals surface area contributed by atoms with E-state index < -0.39 is 0 Å². The van der Waals surface area contributed by atoms with E-state index in [9.17, 15) is 4.79 Å². The Morgan fingerprint density at radius 2 is 1.78 bits per heavy atom. The van der Waals surface area contributed by atoms with Crippen molar-refractivity contribution >= 4 is 28.4 Å². The third-order valence-electron chi connectivity index (χ3n) is 2.80. The Balaban J connectivity index is 2.25. The summed E-state index contributed by atoms with van der Waals surface area (Å²) in [6.45, 7) is 0. The van der Waals surface area contributed by atoms with E-state index in [0.29, 0.717) is 11.4 Å². The van der Waals surface area contributed by atoms with Crippen molar-refractivity contribution < 1.29 is 4.79 Å². The second-order valence-electron chi connectivity index (χ2n) is 4.10. The molecule has 2 rings (SSSR count). The van der Waals surface area contributed by atoms with Gasteiger partial charge in [0, 0.05) is 5.02 Å². The van der Waals surface area contributed by atoms with E-state index in [0.717, 1.165) is 11.1 Å². The predicted molar refractivity (Wildman–Crippen MR) is 75.2 cm³/mol. The Morgan fingerprint density at radius 1 is 1.06 bits per heavy atom. The average Bonchev–Trinajstić information content (AvgIpc) is 2.37. The average molecular weight is 279 g/mol. The molecule has 0 aromatic heterocycles. The summed E-state index contributed by atoms with van der Waals surface area (Å²) in [5, 5.41) is 0.322. The summed E-state index contributed by atoms with van der Waals surface area (Å²) in [4.78, 5) is 11.6. The molecular weight excluding hydrogens is 267 g/mol. The largest absolute Gasteiger partial charge is 0.281 e. The summed E-state index contributed by atoms with van der Waals surface area (Å²) < 4.78 is 0. The SMILES string of the molecule is O=C(Cl)C(Cc1cccc(Cl)c1)c1ccccc1. The quantitative estimate of drug-likeness (QED) is 0.756. The van der Waals surface area contributed by atoms with E-state index in [1.54, 1.807) is 0 Å². The van der Waals surface area contributed by atoms with E-state index in [1.165, 1.54) is 0 Å². The van der Waals surface area contributed by atoms with Crippen molar-refractivity contribution in [3.05, 3.63) is 70.7 Å². The van der Waals surface area contributed by atoms with Crippen molar-refractivity contribution in [1.29, 1.82) is 0 Å². The van der Waals surface area contributed by atoms with Crippen LogP contribution in [0.25, 0.3) is 0 Å². The Hall–Kier alpha value is -1.31. The van der Waals surface area contributed by atoms with Gasteiger partial charge in [0.1, 0.15) is 0 Å². The molecule has 1 nitrogen and oxygen atoms in total. The molecular formula is C15H12Cl2O. The Morgan fingerprint density at radius 3 is 2.39 bits per heavy atom. The third-order valence-corrected chi connectivity index (χ3v) is 3.30. The van der Waals surface area contributed by atoms with Gasteiger partial charge in [-0.05, 0) is 41.3 Å². The van der Waals surface area contributed by atoms with E-state index >= 15 is 0 Å². The van der Waals surface area contributed by atoms with Crippen LogP contribution in [0, 0.1) is 0 Å². The molecule has 0 N–H and O–H groups in total. The molecule has 0 heterocycles. The smallest absolute Gasteiger partial charge is 0.229 e. The summed E-state index contributed by atoms with van der Waals surface area (Å²) in [7, 11) is 0. The van der Waals surface area contributed by atoms with Crippen LogP contribution in [0.2, 0.25) is 5.02 Å². The number of rotatable bonds is 4. The van der Waals surface area contributed by atoms with Gasteiger partial charge in [0.2, 0.25) is 5.24 Å². The zero-order valence-corrected chi connectivity index (χ0v) is 11.2. The lowest BCUT2D eigenvalue weighted by Gasteiger charge is -2.13. The van der Waals surface area contributed by atoms with Gasteiger partial charge < -0.3 is 0 Å². The fraction of sp³-hybridized carbons (Fsp3) is 0.133. The summed E-state index contributed by atoms with van der Waals surface area (Å²) in [5.41, 5.74) is 1.93. The van der Waals surface area contributed by atoms with Gasteiger partial charge in [0.05, 0.1) is 5.92 Å². The van der Waals surface area contributed by atoms with Gasteiger partial charge >= 0.3 is 0 Å². The van der Waals surface area contributed by atoms with Gasteiger partial charge in [-0.2, -0.15) is 0 Å². The first-order valence-electron chi connectivity index (χ1n) is 5.65. The van der Waals surface area contributed by atoms with Crippen LogP contribution in [0.15, 0.2) is 54.6 Å². The highest BCUT2D eigenvalue weighted by molar-refractivity contribution is 6.64. The number of carbonyl (C=O) groups excluding carboxylic acids is 1. The lowest BCUT2D eigenvalue weighted by molar-refractivity contribution is -0.113. The van der Waals surface area contributed by atoms with E-state index in [2.05, 4.69) is 0 Å². The fourth-order valence-electron chi connectivity index (χ4n) is 1.91. The highest BCUT2D eigenvalue weighted by Crippen LogP contribution is 2.24. The van der Waals surface area contributed by atoms with Gasteiger partial charge in [-0.3, -0.25) is 4.79 Å². The van der Waals surface area contributed by atoms with Crippen LogP contribution in [-0.4, -0.2) is 5.24 Å². The van der Waals surface area contributed by atoms with Gasteiger partial charge in [0.25, 0.3) is 0 Å². The first-order chi connectivity index (χ1) is 8.66. The highest BCUT2D eigenvalue weighted by atomic mass is 35.5. The molecule has 0 aliphatic rings. The predicted octanol–water partition coefficient (Wildman–Crippen LogP) is 4.43. The van der Waals surface area contributed by atoms with Gasteiger partial charge in [-0.1, -0.05) is 54.1 Å². The van der Waals surface area contributed by atoms with Gasteiger partial charge in [0.15, 0.2) is 0 Å². The minimum absolute atomic E-state index is 0.327. The monoisotopic (exact) mass is 278 g/mol. The maximum Gasteiger partial charge on any atom is 0.229 e. The van der Waals surface area contributed by atoms with Crippen LogP contribution in [0.3, 0.4) is 0 Å². The molecule has 0 spiro atoms. The molecule has 2 aromatic carbocycles. The Kier molecular flexibility index (Phi) is 4.40. The third kappa shape index (κ3) is 3.34. The zero-order valence-electron chi connectivity index (χ0n) is 9.64. The molecule has 0 aliphatic heterocycles. The van der Waals surface area contributed by atoms with E-state index in [-0.39, 0.29) is 11.2 Å². The maximum absolute atomic E-state index is 11.6. The number of hydrogen-bond donors (Lipinski definition) is 0. The van der Waals surface area contributed by atoms with Crippen molar-refractivity contribution in [2.45, 2.75) is 12.3 Å². The lowest BCUT2D eigenvalue weighted by Crippen LogP contribution is -2.10. The summed E-state index contributed by atoms with van der Waals surface area (Å²) in [5.74, 6) is -0.327. The molecule has 92 valence electrons. The topological polar surface area (TPSA) is 17.1 Å². The molecule has 0 amide bonds. The Bertz CT molecular complexity index is 537. The number of carbonyl (C=O) groups is 1. The van der Waals surface area contributed by atoms with E-state index in [1.807, 2.05) is 54.6 Å². The molecule has 0 radical (unpaired) electrons. The van der Waals surface area contributed by atoms with Gasteiger partial charge in [-0.25, -0.2) is 0 Å². The number of benzene rings is 2. The molecule has 3 heteroatoms. The van der Waals surface area contributed by atoms with Crippen molar-refractivity contribution in [3.63, 3.8) is 0 Å². The zero-order chi connectivity index (χ0) is 13.0. The molecule has 0 bridgehead atoms. The summed E-state index contributed by atoms with van der Waals surface area (Å²) >= 11 is 11.6. The van der Waals surface area contributed by atoms with Crippen molar-refractivity contribution in [3.8, 4) is 0 Å². The molecule has 0 saturated carbocycles. The molecule has 1 atom stereocenters. The normalized spacial score (nSPS) is 12.1. The van der Waals surface area contributed by atoms with Crippen LogP contribution in [-0.2, 0) is 11.2 Å². The minimum Gasteiger partial charge on any atom is -0.281 e. The first-order valence-corrected chi connectivity index (χ1v) is 6.41. The van der Waals surface area contributed by atoms with Crippen LogP contribution in [0.1, 0.15) is 17.0 Å². The highest BCUT2D eigenvalue weighted by Gasteiger charge is 2.18. The van der Waals surface area contributed by atoms with Crippen molar-refractivity contribution in [2.75, 3.05) is 0 Å². The second-order valence-corrected chi connectivity index (χ2v) is 4.91. The van der Waals surface area contributed by atoms with Crippen molar-refractivity contribution in [2.24, 2.45) is 0 Å². The van der Waals surface area contributed by atoms with Crippen LogP contribution in [0.4, 0.5) is 0 Å². The fourth-order valence-corrected chi connectivity index (χ4v) is 2.33. The summed E-state index contributed by atoms with van der Waals surface area (Å²) in [6, 6.07) is 17.0. The van der Waals surface area contributed by atoms with Crippen LogP contribution >= 0.6 is 23.2 Å². The molecule has 0 fully saturated rings. The van der Waals surface area contributed by atoms with Gasteiger partial charge in [-0.15, -0.1) is 0 Å². The van der Waals surface area contributed by atoms with Crippen LogP contribution in [0.5, 0.6) is 0 Å². The second kappa shape index (κ2) is 6.03. The standard InChI is InChI=1S/C15H12Cl2O/c16-13-8-4-5-11(9-13)10-14(15(17)18)12-6-2-1-3-7-12/h1-9,14H,10H2. The molecule has 1 unspecified atom stereocenters. The van der Waals surface area contributed by atoms with Crippen molar-refractivity contribution in [1.82, 2.24) is 0 Å². The van der Waals surface area contributed by atoms with Crippen LogP contribution < -0.4 is 0 Å². The molecule has 18 heavy (non-hydrogen) atoms.